The minimum absolute atomic E-state index is 0.0375. The molecule has 18 nitrogen and oxygen atoms in total. The number of rotatable bonds is 8. The molecule has 5 aliphatic carbocycles. The van der Waals surface area contributed by atoms with E-state index < -0.39 is 133 Å². The lowest BCUT2D eigenvalue weighted by atomic mass is 9.41. The number of aliphatic hydroxyl groups excluding tert-OH is 11. The molecule has 0 radical (unpaired) electrons. The van der Waals surface area contributed by atoms with Gasteiger partial charge in [-0.25, -0.2) is 0 Å². The van der Waals surface area contributed by atoms with Crippen molar-refractivity contribution in [2.24, 2.45) is 44.8 Å². The van der Waals surface area contributed by atoms with Gasteiger partial charge >= 0.3 is 0 Å². The summed E-state index contributed by atoms with van der Waals surface area (Å²) < 4.78 is 44.2. The third-order valence-electron chi connectivity index (χ3n) is 19.5. The van der Waals surface area contributed by atoms with Crippen molar-refractivity contribution < 1.29 is 89.3 Å². The molecule has 4 heterocycles. The smallest absolute Gasteiger partial charge is 0.186 e. The number of hydrogen-bond acceptors (Lipinski definition) is 18. The lowest BCUT2D eigenvalue weighted by Crippen LogP contribution is -2.66. The first-order chi connectivity index (χ1) is 29.8. The third kappa shape index (κ3) is 6.93. The van der Waals surface area contributed by atoms with Crippen molar-refractivity contribution >= 4 is 0 Å². The van der Waals surface area contributed by atoms with Gasteiger partial charge in [0.05, 0.1) is 55.4 Å². The van der Waals surface area contributed by atoms with E-state index in [0.717, 1.165) is 19.3 Å². The summed E-state index contributed by atoms with van der Waals surface area (Å²) in [5.74, 6) is -0.437. The number of fused-ring (bicyclic) bond motifs is 2. The maximum Gasteiger partial charge on any atom is 0.186 e. The normalized spacial score (nSPS) is 59.0. The van der Waals surface area contributed by atoms with Crippen LogP contribution < -0.4 is 0 Å². The Bertz CT molecular complexity index is 1720. The van der Waals surface area contributed by atoms with Crippen molar-refractivity contribution in [3.8, 4) is 0 Å². The molecule has 64 heavy (non-hydrogen) atoms. The zero-order chi connectivity index (χ0) is 46.5. The van der Waals surface area contributed by atoms with Crippen molar-refractivity contribution in [3.63, 3.8) is 0 Å². The molecule has 4 aliphatic heterocycles. The van der Waals surface area contributed by atoms with Crippen LogP contribution in [0.1, 0.15) is 106 Å². The summed E-state index contributed by atoms with van der Waals surface area (Å²) in [4.78, 5) is 0. The SMILES string of the molecule is CC1(C)O[C@@](C)([C@H]2[C@@H](O)C[C@@]3(C)[C@@H]4C[C@H](O[C@@H]5O[C@H](CO)[C@@H](O)[C@H](O)[C@H]5O)[C@H]5C(C)(C)[C@@H](O[C@@H]6OC[C@@H](O)[C@H](O)[C@H]6O[C@@H]6OC[C@H](O)[C@H](O)[C@H]6O)CC[C@@]56C[C@@]46CC[C@]23C)CC[C@@H]1O. The fourth-order valence-electron chi connectivity index (χ4n) is 16.2. The summed E-state index contributed by atoms with van der Waals surface area (Å²) in [5.41, 5.74) is -3.44. The Morgan fingerprint density at radius 3 is 1.91 bits per heavy atom. The molecular weight excluding hydrogens is 840 g/mol. The minimum atomic E-state index is -1.67. The van der Waals surface area contributed by atoms with Gasteiger partial charge in [-0.1, -0.05) is 27.7 Å². The fourth-order valence-corrected chi connectivity index (χ4v) is 16.2. The molecule has 368 valence electrons. The minimum Gasteiger partial charge on any atom is -0.394 e. The van der Waals surface area contributed by atoms with E-state index in [1.54, 1.807) is 0 Å². The van der Waals surface area contributed by atoms with Crippen molar-refractivity contribution in [2.75, 3.05) is 19.8 Å². The van der Waals surface area contributed by atoms with Crippen molar-refractivity contribution in [3.05, 3.63) is 0 Å². The van der Waals surface area contributed by atoms with E-state index in [9.17, 15) is 56.2 Å². The van der Waals surface area contributed by atoms with Crippen molar-refractivity contribution in [1.82, 2.24) is 0 Å². The van der Waals surface area contributed by atoms with Gasteiger partial charge in [0.1, 0.15) is 61.0 Å². The van der Waals surface area contributed by atoms with E-state index in [-0.39, 0.29) is 47.2 Å². The Morgan fingerprint density at radius 2 is 1.23 bits per heavy atom. The van der Waals surface area contributed by atoms with Crippen LogP contribution >= 0.6 is 0 Å². The summed E-state index contributed by atoms with van der Waals surface area (Å²) in [6.45, 7) is 13.5. The molecule has 18 heteroatoms. The fraction of sp³-hybridized carbons (Fsp3) is 1.00. The van der Waals surface area contributed by atoms with Crippen LogP contribution in [0.5, 0.6) is 0 Å². The Hall–Kier alpha value is -0.720. The first-order valence-corrected chi connectivity index (χ1v) is 23.8. The highest BCUT2D eigenvalue weighted by Crippen LogP contribution is 2.89. The van der Waals surface area contributed by atoms with Crippen LogP contribution in [0.15, 0.2) is 0 Å². The van der Waals surface area contributed by atoms with Gasteiger partial charge in [-0.15, -0.1) is 0 Å². The molecule has 0 aromatic rings. The summed E-state index contributed by atoms with van der Waals surface area (Å²) >= 11 is 0. The molecule has 0 amide bonds. The quantitative estimate of drug-likeness (QED) is 0.133. The van der Waals surface area contributed by atoms with Gasteiger partial charge in [0.25, 0.3) is 0 Å². The molecule has 11 N–H and O–H groups in total. The molecule has 4 saturated heterocycles. The van der Waals surface area contributed by atoms with E-state index in [4.69, 9.17) is 33.2 Å². The molecule has 0 unspecified atom stereocenters. The van der Waals surface area contributed by atoms with Crippen LogP contribution in [0.25, 0.3) is 0 Å². The molecule has 0 aromatic heterocycles. The van der Waals surface area contributed by atoms with Crippen molar-refractivity contribution in [2.45, 2.75) is 222 Å². The first-order valence-electron chi connectivity index (χ1n) is 23.8. The second kappa shape index (κ2) is 16.2. The molecule has 0 aromatic carbocycles. The largest absolute Gasteiger partial charge is 0.394 e. The maximum absolute atomic E-state index is 12.3. The van der Waals surface area contributed by atoms with Gasteiger partial charge < -0.3 is 89.3 Å². The van der Waals surface area contributed by atoms with Crippen LogP contribution in [0.3, 0.4) is 0 Å². The monoisotopic (exact) mass is 917 g/mol. The van der Waals surface area contributed by atoms with E-state index in [1.807, 2.05) is 13.8 Å². The van der Waals surface area contributed by atoms with Gasteiger partial charge in [0.15, 0.2) is 18.9 Å². The molecule has 9 fully saturated rings. The number of ether oxygens (including phenoxy) is 7. The Labute approximate surface area is 375 Å². The van der Waals surface area contributed by atoms with Crippen LogP contribution in [0, 0.1) is 44.8 Å². The number of hydrogen-bond donors (Lipinski definition) is 11. The highest BCUT2D eigenvalue weighted by atomic mass is 16.8. The Kier molecular flexibility index (Phi) is 12.2. The van der Waals surface area contributed by atoms with Gasteiger partial charge in [0, 0.05) is 5.92 Å². The van der Waals surface area contributed by atoms with E-state index in [2.05, 4.69) is 34.6 Å². The zero-order valence-electron chi connectivity index (χ0n) is 38.3. The maximum atomic E-state index is 12.3. The summed E-state index contributed by atoms with van der Waals surface area (Å²) in [6.07, 6.45) is -15.4. The highest BCUT2D eigenvalue weighted by molar-refractivity contribution is 5.33. The van der Waals surface area contributed by atoms with Crippen molar-refractivity contribution in [1.29, 1.82) is 0 Å². The van der Waals surface area contributed by atoms with Crippen LogP contribution in [-0.4, -0.2) is 192 Å². The lowest BCUT2D eigenvalue weighted by molar-refractivity contribution is -0.360. The van der Waals surface area contributed by atoms with E-state index in [1.165, 1.54) is 0 Å². The molecular formula is C46H76O18. The third-order valence-corrected chi connectivity index (χ3v) is 19.5. The predicted molar refractivity (Wildman–Crippen MR) is 220 cm³/mol. The summed E-state index contributed by atoms with van der Waals surface area (Å²) in [7, 11) is 0. The second-order valence-electron chi connectivity index (χ2n) is 23.4. The molecule has 2 spiro atoms. The van der Waals surface area contributed by atoms with Crippen LogP contribution in [0.2, 0.25) is 0 Å². The molecule has 9 rings (SSSR count). The highest BCUT2D eigenvalue weighted by Gasteiger charge is 2.85. The average Bonchev–Trinajstić information content (AvgIpc) is 3.82. The van der Waals surface area contributed by atoms with Gasteiger partial charge in [-0.2, -0.15) is 0 Å². The van der Waals surface area contributed by atoms with Gasteiger partial charge in [0.2, 0.25) is 0 Å². The predicted octanol–water partition coefficient (Wildman–Crippen LogP) is -0.813. The van der Waals surface area contributed by atoms with E-state index >= 15 is 0 Å². The Balaban J connectivity index is 1.05. The topological polar surface area (TPSA) is 287 Å². The zero-order valence-corrected chi connectivity index (χ0v) is 38.3. The summed E-state index contributed by atoms with van der Waals surface area (Å²) in [6, 6.07) is 0. The van der Waals surface area contributed by atoms with E-state index in [0.29, 0.717) is 38.5 Å². The molecule has 25 atom stereocenters. The Morgan fingerprint density at radius 1 is 0.578 bits per heavy atom. The first kappa shape index (κ1) is 48.3. The summed E-state index contributed by atoms with van der Waals surface area (Å²) in [5, 5.41) is 119. The molecule has 9 aliphatic rings. The molecule has 0 bridgehead atoms. The lowest BCUT2D eigenvalue weighted by Gasteiger charge is -2.66. The van der Waals surface area contributed by atoms with Gasteiger partial charge in [-0.3, -0.25) is 0 Å². The molecule has 5 saturated carbocycles. The van der Waals surface area contributed by atoms with Crippen LogP contribution in [0.4, 0.5) is 0 Å². The average molecular weight is 917 g/mol. The second-order valence-corrected chi connectivity index (χ2v) is 23.4. The standard InChI is InChI=1S/C46H76O18/c1-40(2)27(62-39-34(29(53)22(50)18-59-39)63-37-32(56)28(52)21(49)17-58-37)9-11-46-19-45(46)13-12-42(5)35(44(7)10-8-26(51)41(3,4)64-44)20(48)15-43(42,6)25(45)14-23(36(40)46)60-38-33(57)31(55)30(54)24(16-47)61-38/h20-39,47-57H,8-19H2,1-7H3/t20-,21-,22+,23-,24+,25-,26-,27-,28-,29-,30+,31-,32+,33+,34+,35-,36-,37-,38+,39-,42+,43-,44+,45-,46+/m0/s1. The van der Waals surface area contributed by atoms with Crippen LogP contribution in [-0.2, 0) is 33.2 Å². The number of aliphatic hydroxyl groups is 11. The van der Waals surface area contributed by atoms with Gasteiger partial charge in [-0.05, 0) is 117 Å².